The van der Waals surface area contributed by atoms with Crippen molar-refractivity contribution in [3.8, 4) is 0 Å². The second-order valence-corrected chi connectivity index (χ2v) is 6.43. The van der Waals surface area contributed by atoms with Crippen LogP contribution in [0.1, 0.15) is 19.4 Å². The van der Waals surface area contributed by atoms with Crippen LogP contribution in [0, 0.1) is 0 Å². The zero-order chi connectivity index (χ0) is 14.5. The molecular formula is C13H20N2O3S. The van der Waals surface area contributed by atoms with Crippen molar-refractivity contribution >= 4 is 15.7 Å². The van der Waals surface area contributed by atoms with E-state index in [2.05, 4.69) is 10.6 Å². The molecule has 0 aliphatic carbocycles. The van der Waals surface area contributed by atoms with Gasteiger partial charge in [0.2, 0.25) is 5.91 Å². The first-order valence-corrected chi connectivity index (χ1v) is 8.04. The van der Waals surface area contributed by atoms with Crippen LogP contribution in [0.25, 0.3) is 0 Å². The molecule has 1 amide bonds. The minimum absolute atomic E-state index is 0.0461. The van der Waals surface area contributed by atoms with Crippen LogP contribution >= 0.6 is 0 Å². The summed E-state index contributed by atoms with van der Waals surface area (Å²) in [5.41, 5.74) is 0.934. The number of carbonyl (C=O) groups is 1. The number of benzene rings is 1. The number of amides is 1. The molecule has 0 bridgehead atoms. The molecule has 0 saturated heterocycles. The average molecular weight is 284 g/mol. The van der Waals surface area contributed by atoms with E-state index in [1.165, 1.54) is 6.26 Å². The number of rotatable bonds is 6. The molecular weight excluding hydrogens is 264 g/mol. The second-order valence-electron chi connectivity index (χ2n) is 4.41. The Morgan fingerprint density at radius 1 is 1.26 bits per heavy atom. The van der Waals surface area contributed by atoms with Crippen molar-refractivity contribution in [2.24, 2.45) is 0 Å². The average Bonchev–Trinajstić information content (AvgIpc) is 2.35. The van der Waals surface area contributed by atoms with E-state index in [-0.39, 0.29) is 11.9 Å². The van der Waals surface area contributed by atoms with Crippen molar-refractivity contribution in [1.29, 1.82) is 0 Å². The van der Waals surface area contributed by atoms with Crippen molar-refractivity contribution < 1.29 is 13.2 Å². The molecule has 5 nitrogen and oxygen atoms in total. The van der Waals surface area contributed by atoms with Gasteiger partial charge in [0.05, 0.1) is 10.9 Å². The molecule has 19 heavy (non-hydrogen) atoms. The van der Waals surface area contributed by atoms with E-state index in [0.717, 1.165) is 5.56 Å². The molecule has 0 aliphatic rings. The number of hydrogen-bond donors (Lipinski definition) is 2. The van der Waals surface area contributed by atoms with Gasteiger partial charge < -0.3 is 10.6 Å². The van der Waals surface area contributed by atoms with Crippen molar-refractivity contribution in [3.63, 3.8) is 0 Å². The number of carbonyl (C=O) groups excluding carboxylic acids is 1. The maximum atomic E-state index is 11.5. The Hall–Kier alpha value is -1.40. The number of sulfone groups is 1. The van der Waals surface area contributed by atoms with Gasteiger partial charge in [0.1, 0.15) is 0 Å². The summed E-state index contributed by atoms with van der Waals surface area (Å²) in [6, 6.07) is 6.35. The lowest BCUT2D eigenvalue weighted by Gasteiger charge is -2.13. The summed E-state index contributed by atoms with van der Waals surface area (Å²) >= 11 is 0. The first-order valence-electron chi connectivity index (χ1n) is 6.14. The molecule has 0 aliphatic heterocycles. The van der Waals surface area contributed by atoms with Crippen LogP contribution in [0.5, 0.6) is 0 Å². The standard InChI is InChI=1S/C13H20N2O3S/c1-4-14-13(16)10(2)15-9-11-5-7-12(8-6-11)19(3,17)18/h5-8,10,15H,4,9H2,1-3H3,(H,14,16). The van der Waals surface area contributed by atoms with Crippen LogP contribution in [0.15, 0.2) is 29.2 Å². The minimum Gasteiger partial charge on any atom is -0.355 e. The number of nitrogens with one attached hydrogen (secondary N) is 2. The fourth-order valence-corrected chi connectivity index (χ4v) is 2.18. The third kappa shape index (κ3) is 5.00. The van der Waals surface area contributed by atoms with Gasteiger partial charge in [0.25, 0.3) is 0 Å². The van der Waals surface area contributed by atoms with Crippen LogP contribution < -0.4 is 10.6 Å². The van der Waals surface area contributed by atoms with Gasteiger partial charge in [0.15, 0.2) is 9.84 Å². The lowest BCUT2D eigenvalue weighted by Crippen LogP contribution is -2.41. The molecule has 6 heteroatoms. The van der Waals surface area contributed by atoms with Crippen LogP contribution in [-0.4, -0.2) is 33.2 Å². The van der Waals surface area contributed by atoms with Crippen LogP contribution in [0.3, 0.4) is 0 Å². The van der Waals surface area contributed by atoms with E-state index < -0.39 is 9.84 Å². The van der Waals surface area contributed by atoms with E-state index >= 15 is 0 Å². The van der Waals surface area contributed by atoms with Gasteiger partial charge in [-0.3, -0.25) is 4.79 Å². The van der Waals surface area contributed by atoms with Crippen molar-refractivity contribution in [3.05, 3.63) is 29.8 Å². The monoisotopic (exact) mass is 284 g/mol. The quantitative estimate of drug-likeness (QED) is 0.806. The highest BCUT2D eigenvalue weighted by atomic mass is 32.2. The van der Waals surface area contributed by atoms with E-state index in [1.807, 2.05) is 6.92 Å². The van der Waals surface area contributed by atoms with E-state index in [4.69, 9.17) is 0 Å². The van der Waals surface area contributed by atoms with Crippen LogP contribution in [0.2, 0.25) is 0 Å². The molecule has 1 aromatic rings. The first kappa shape index (κ1) is 15.7. The number of hydrogen-bond acceptors (Lipinski definition) is 4. The lowest BCUT2D eigenvalue weighted by molar-refractivity contribution is -0.122. The molecule has 0 spiro atoms. The van der Waals surface area contributed by atoms with E-state index in [0.29, 0.717) is 18.0 Å². The zero-order valence-electron chi connectivity index (χ0n) is 11.4. The van der Waals surface area contributed by atoms with Crippen molar-refractivity contribution in [2.45, 2.75) is 31.3 Å². The fourth-order valence-electron chi connectivity index (χ4n) is 1.55. The summed E-state index contributed by atoms with van der Waals surface area (Å²) in [5, 5.41) is 5.81. The van der Waals surface area contributed by atoms with Gasteiger partial charge in [-0.1, -0.05) is 12.1 Å². The highest BCUT2D eigenvalue weighted by molar-refractivity contribution is 7.90. The van der Waals surface area contributed by atoms with Gasteiger partial charge in [-0.15, -0.1) is 0 Å². The minimum atomic E-state index is -3.16. The molecule has 0 fully saturated rings. The highest BCUT2D eigenvalue weighted by Crippen LogP contribution is 2.10. The Labute approximate surface area is 114 Å². The molecule has 0 saturated carbocycles. The van der Waals surface area contributed by atoms with Gasteiger partial charge in [-0.05, 0) is 31.5 Å². The molecule has 1 unspecified atom stereocenters. The molecule has 0 radical (unpaired) electrons. The fraction of sp³-hybridized carbons (Fsp3) is 0.462. The van der Waals surface area contributed by atoms with Crippen molar-refractivity contribution in [1.82, 2.24) is 10.6 Å². The summed E-state index contributed by atoms with van der Waals surface area (Å²) in [6.07, 6.45) is 1.18. The van der Waals surface area contributed by atoms with Gasteiger partial charge in [0, 0.05) is 19.3 Å². The predicted octanol–water partition coefficient (Wildman–Crippen LogP) is 0.704. The summed E-state index contributed by atoms with van der Waals surface area (Å²) in [6.45, 7) is 4.78. The highest BCUT2D eigenvalue weighted by Gasteiger charge is 2.11. The SMILES string of the molecule is CCNC(=O)C(C)NCc1ccc(S(C)(=O)=O)cc1. The molecule has 2 N–H and O–H groups in total. The molecule has 1 aromatic carbocycles. The Kier molecular flexibility index (Phi) is 5.50. The van der Waals surface area contributed by atoms with E-state index in [1.54, 1.807) is 31.2 Å². The molecule has 1 atom stereocenters. The maximum Gasteiger partial charge on any atom is 0.236 e. The van der Waals surface area contributed by atoms with Gasteiger partial charge in [-0.2, -0.15) is 0 Å². The summed E-state index contributed by atoms with van der Waals surface area (Å²) < 4.78 is 22.6. The Balaban J connectivity index is 2.57. The van der Waals surface area contributed by atoms with Gasteiger partial charge in [-0.25, -0.2) is 8.42 Å². The Bertz CT molecular complexity index is 523. The maximum absolute atomic E-state index is 11.5. The Morgan fingerprint density at radius 2 is 1.84 bits per heavy atom. The molecule has 1 rings (SSSR count). The van der Waals surface area contributed by atoms with E-state index in [9.17, 15) is 13.2 Å². The lowest BCUT2D eigenvalue weighted by atomic mass is 10.2. The normalized spacial score (nSPS) is 13.0. The zero-order valence-corrected chi connectivity index (χ0v) is 12.3. The third-order valence-electron chi connectivity index (χ3n) is 2.71. The summed E-state index contributed by atoms with van der Waals surface area (Å²) in [7, 11) is -3.16. The molecule has 106 valence electrons. The third-order valence-corrected chi connectivity index (χ3v) is 3.84. The topological polar surface area (TPSA) is 75.3 Å². The van der Waals surface area contributed by atoms with Crippen LogP contribution in [-0.2, 0) is 21.2 Å². The Morgan fingerprint density at radius 3 is 2.32 bits per heavy atom. The second kappa shape index (κ2) is 6.68. The molecule has 0 heterocycles. The first-order chi connectivity index (χ1) is 8.84. The summed E-state index contributed by atoms with van der Waals surface area (Å²) in [4.78, 5) is 11.8. The number of likely N-dealkylation sites (N-methyl/N-ethyl adjacent to an activating group) is 1. The predicted molar refractivity (Wildman–Crippen MR) is 74.5 cm³/mol. The van der Waals surface area contributed by atoms with Crippen molar-refractivity contribution in [2.75, 3.05) is 12.8 Å². The largest absolute Gasteiger partial charge is 0.355 e. The smallest absolute Gasteiger partial charge is 0.236 e. The molecule has 0 aromatic heterocycles. The van der Waals surface area contributed by atoms with Crippen LogP contribution in [0.4, 0.5) is 0 Å². The van der Waals surface area contributed by atoms with Gasteiger partial charge >= 0.3 is 0 Å². The summed E-state index contributed by atoms with van der Waals surface area (Å²) in [5.74, 6) is -0.0461.